The molecule has 0 atom stereocenters. The normalized spacial score (nSPS) is 22.1. The standard InChI is InChI=1S/C13H16F2N2O2S/c14-10-1-4-12(15)13(9-10)20(18,19)17-7-5-16(6-8-17)11-2-3-11/h1,4,9,11H,2-3,5-8H2. The van der Waals surface area contributed by atoms with Crippen molar-refractivity contribution in [1.29, 1.82) is 0 Å². The van der Waals surface area contributed by atoms with E-state index >= 15 is 0 Å². The molecule has 1 saturated carbocycles. The predicted molar refractivity (Wildman–Crippen MR) is 69.7 cm³/mol. The third-order valence-corrected chi connectivity index (χ3v) is 5.76. The second-order valence-corrected chi connectivity index (χ2v) is 7.15. The average molecular weight is 302 g/mol. The summed E-state index contributed by atoms with van der Waals surface area (Å²) in [6.07, 6.45) is 2.34. The van der Waals surface area contributed by atoms with Gasteiger partial charge in [-0.15, -0.1) is 0 Å². The van der Waals surface area contributed by atoms with E-state index in [2.05, 4.69) is 4.90 Å². The Morgan fingerprint density at radius 3 is 2.30 bits per heavy atom. The van der Waals surface area contributed by atoms with Crippen LogP contribution >= 0.6 is 0 Å². The van der Waals surface area contributed by atoms with Gasteiger partial charge in [0.1, 0.15) is 16.5 Å². The second-order valence-electron chi connectivity index (χ2n) is 5.25. The lowest BCUT2D eigenvalue weighted by Crippen LogP contribution is -2.49. The largest absolute Gasteiger partial charge is 0.298 e. The molecule has 0 aromatic heterocycles. The smallest absolute Gasteiger partial charge is 0.246 e. The third kappa shape index (κ3) is 2.57. The average Bonchev–Trinajstić information content (AvgIpc) is 3.26. The zero-order valence-electron chi connectivity index (χ0n) is 10.9. The highest BCUT2D eigenvalue weighted by atomic mass is 32.2. The van der Waals surface area contributed by atoms with Crippen molar-refractivity contribution in [1.82, 2.24) is 9.21 Å². The van der Waals surface area contributed by atoms with Crippen LogP contribution in [-0.4, -0.2) is 49.8 Å². The first-order chi connectivity index (χ1) is 9.48. The first-order valence-corrected chi connectivity index (χ1v) is 8.12. The van der Waals surface area contributed by atoms with Gasteiger partial charge < -0.3 is 0 Å². The third-order valence-electron chi connectivity index (χ3n) is 3.85. The van der Waals surface area contributed by atoms with E-state index < -0.39 is 26.6 Å². The Morgan fingerprint density at radius 2 is 1.70 bits per heavy atom. The number of piperazine rings is 1. The van der Waals surface area contributed by atoms with Crippen molar-refractivity contribution in [3.63, 3.8) is 0 Å². The van der Waals surface area contributed by atoms with Crippen LogP contribution < -0.4 is 0 Å². The quantitative estimate of drug-likeness (QED) is 0.848. The van der Waals surface area contributed by atoms with Crippen molar-refractivity contribution in [2.45, 2.75) is 23.8 Å². The number of hydrogen-bond donors (Lipinski definition) is 0. The van der Waals surface area contributed by atoms with Gasteiger partial charge in [-0.05, 0) is 31.0 Å². The minimum atomic E-state index is -3.95. The molecule has 0 bridgehead atoms. The summed E-state index contributed by atoms with van der Waals surface area (Å²) in [5.74, 6) is -1.65. The van der Waals surface area contributed by atoms with Crippen molar-refractivity contribution in [3.05, 3.63) is 29.8 Å². The fourth-order valence-corrected chi connectivity index (χ4v) is 4.06. The number of rotatable bonds is 3. The van der Waals surface area contributed by atoms with Gasteiger partial charge in [-0.1, -0.05) is 0 Å². The first kappa shape index (κ1) is 13.9. The van der Waals surface area contributed by atoms with Crippen molar-refractivity contribution in [2.24, 2.45) is 0 Å². The molecule has 1 heterocycles. The van der Waals surface area contributed by atoms with Crippen molar-refractivity contribution in [3.8, 4) is 0 Å². The highest BCUT2D eigenvalue weighted by molar-refractivity contribution is 7.89. The summed E-state index contributed by atoms with van der Waals surface area (Å²) >= 11 is 0. The Balaban J connectivity index is 1.79. The van der Waals surface area contributed by atoms with Crippen LogP contribution in [0, 0.1) is 11.6 Å². The lowest BCUT2D eigenvalue weighted by Gasteiger charge is -2.34. The molecule has 1 aliphatic heterocycles. The Kier molecular flexibility index (Phi) is 3.51. The van der Waals surface area contributed by atoms with Crippen molar-refractivity contribution >= 4 is 10.0 Å². The SMILES string of the molecule is O=S(=O)(c1cc(F)ccc1F)N1CCN(C2CC2)CC1. The second kappa shape index (κ2) is 5.05. The Bertz CT molecular complexity index is 609. The summed E-state index contributed by atoms with van der Waals surface area (Å²) in [7, 11) is -3.95. The number of sulfonamides is 1. The maximum atomic E-state index is 13.7. The highest BCUT2D eigenvalue weighted by Crippen LogP contribution is 2.29. The lowest BCUT2D eigenvalue weighted by atomic mass is 10.3. The summed E-state index contributed by atoms with van der Waals surface area (Å²) in [5, 5.41) is 0. The number of benzene rings is 1. The molecule has 2 fully saturated rings. The summed E-state index contributed by atoms with van der Waals surface area (Å²) in [5.41, 5.74) is 0. The molecule has 2 aliphatic rings. The molecule has 0 N–H and O–H groups in total. The molecule has 0 radical (unpaired) electrons. The maximum absolute atomic E-state index is 13.7. The summed E-state index contributed by atoms with van der Waals surface area (Å²) in [6, 6.07) is 3.10. The molecule has 110 valence electrons. The van der Waals surface area contributed by atoms with Gasteiger partial charge in [-0.3, -0.25) is 4.90 Å². The molecule has 4 nitrogen and oxygen atoms in total. The van der Waals surface area contributed by atoms with Gasteiger partial charge in [0.15, 0.2) is 0 Å². The molecular formula is C13H16F2N2O2S. The molecule has 0 spiro atoms. The molecule has 7 heteroatoms. The maximum Gasteiger partial charge on any atom is 0.246 e. The number of nitrogens with zero attached hydrogens (tertiary/aromatic N) is 2. The molecule has 3 rings (SSSR count). The van der Waals surface area contributed by atoms with Gasteiger partial charge in [0.2, 0.25) is 10.0 Å². The molecule has 0 unspecified atom stereocenters. The number of halogens is 2. The number of hydrogen-bond acceptors (Lipinski definition) is 3. The summed E-state index contributed by atoms with van der Waals surface area (Å²) in [6.45, 7) is 1.96. The van der Waals surface area contributed by atoms with E-state index in [-0.39, 0.29) is 0 Å². The van der Waals surface area contributed by atoms with Crippen LogP contribution in [0.4, 0.5) is 8.78 Å². The minimum Gasteiger partial charge on any atom is -0.298 e. The summed E-state index contributed by atoms with van der Waals surface area (Å²) < 4.78 is 52.8. The first-order valence-electron chi connectivity index (χ1n) is 6.68. The van der Waals surface area contributed by atoms with E-state index in [9.17, 15) is 17.2 Å². The zero-order chi connectivity index (χ0) is 14.3. The zero-order valence-corrected chi connectivity index (χ0v) is 11.7. The van der Waals surface area contributed by atoms with Crippen LogP contribution in [0.5, 0.6) is 0 Å². The molecule has 1 saturated heterocycles. The van der Waals surface area contributed by atoms with Gasteiger partial charge in [-0.2, -0.15) is 4.31 Å². The van der Waals surface area contributed by atoms with Crippen LogP contribution in [-0.2, 0) is 10.0 Å². The van der Waals surface area contributed by atoms with Gasteiger partial charge in [0.05, 0.1) is 0 Å². The Hall–Kier alpha value is -1.05. The Morgan fingerprint density at radius 1 is 1.05 bits per heavy atom. The van der Waals surface area contributed by atoms with E-state index in [1.807, 2.05) is 0 Å². The summed E-state index contributed by atoms with van der Waals surface area (Å²) in [4.78, 5) is 1.69. The molecule has 0 amide bonds. The van der Waals surface area contributed by atoms with Crippen LogP contribution in [0.2, 0.25) is 0 Å². The van der Waals surface area contributed by atoms with Crippen molar-refractivity contribution in [2.75, 3.05) is 26.2 Å². The van der Waals surface area contributed by atoms with Crippen LogP contribution in [0.15, 0.2) is 23.1 Å². The van der Waals surface area contributed by atoms with Crippen molar-refractivity contribution < 1.29 is 17.2 Å². The highest BCUT2D eigenvalue weighted by Gasteiger charge is 2.35. The van der Waals surface area contributed by atoms with E-state index in [0.717, 1.165) is 18.2 Å². The van der Waals surface area contributed by atoms with E-state index in [4.69, 9.17) is 0 Å². The van der Waals surface area contributed by atoms with Crippen LogP contribution in [0.3, 0.4) is 0 Å². The molecule has 20 heavy (non-hydrogen) atoms. The molecular weight excluding hydrogens is 286 g/mol. The fourth-order valence-electron chi connectivity index (χ4n) is 2.56. The predicted octanol–water partition coefficient (Wildman–Crippen LogP) is 1.43. The fraction of sp³-hybridized carbons (Fsp3) is 0.538. The van der Waals surface area contributed by atoms with E-state index in [1.165, 1.54) is 17.1 Å². The van der Waals surface area contributed by atoms with Crippen LogP contribution in [0.1, 0.15) is 12.8 Å². The molecule has 1 aromatic rings. The molecule has 1 aromatic carbocycles. The van der Waals surface area contributed by atoms with Gasteiger partial charge in [0.25, 0.3) is 0 Å². The molecule has 1 aliphatic carbocycles. The van der Waals surface area contributed by atoms with Gasteiger partial charge in [0, 0.05) is 32.2 Å². The lowest BCUT2D eigenvalue weighted by molar-refractivity contribution is 0.180. The van der Waals surface area contributed by atoms with Crippen LogP contribution in [0.25, 0.3) is 0 Å². The van der Waals surface area contributed by atoms with E-state index in [0.29, 0.717) is 32.2 Å². The minimum absolute atomic E-state index is 0.328. The Labute approximate surface area is 117 Å². The topological polar surface area (TPSA) is 40.6 Å². The van der Waals surface area contributed by atoms with Gasteiger partial charge >= 0.3 is 0 Å². The van der Waals surface area contributed by atoms with Gasteiger partial charge in [-0.25, -0.2) is 17.2 Å². The van der Waals surface area contributed by atoms with E-state index in [1.54, 1.807) is 0 Å². The monoisotopic (exact) mass is 302 g/mol.